The van der Waals surface area contributed by atoms with Crippen molar-refractivity contribution in [2.75, 3.05) is 31.1 Å². The number of fused-ring (bicyclic) bond motifs is 4. The normalized spacial score (nSPS) is 21.8. The quantitative estimate of drug-likeness (QED) is 0.0184. The van der Waals surface area contributed by atoms with E-state index in [4.69, 9.17) is 32.5 Å². The van der Waals surface area contributed by atoms with Gasteiger partial charge in [0.2, 0.25) is 34.5 Å². The maximum Gasteiger partial charge on any atom is 0.275 e. The summed E-state index contributed by atoms with van der Waals surface area (Å²) in [5, 5.41) is 49.8. The van der Waals surface area contributed by atoms with E-state index in [1.807, 2.05) is 51.1 Å². The van der Waals surface area contributed by atoms with Crippen LogP contribution in [0.1, 0.15) is 319 Å². The molecular weight excluding hydrogens is 1460 g/mol. The fourth-order valence-corrected chi connectivity index (χ4v) is 18.1. The molecule has 7 N–H and O–H groups in total. The third kappa shape index (κ3) is 20.4. The van der Waals surface area contributed by atoms with E-state index < -0.39 is 28.5 Å². The van der Waals surface area contributed by atoms with Crippen LogP contribution >= 0.6 is 11.6 Å². The molecule has 9 unspecified atom stereocenters. The fourth-order valence-electron chi connectivity index (χ4n) is 17.8. The van der Waals surface area contributed by atoms with Crippen molar-refractivity contribution in [3.63, 3.8) is 0 Å². The van der Waals surface area contributed by atoms with Crippen LogP contribution in [0.25, 0.3) is 5.57 Å². The van der Waals surface area contributed by atoms with E-state index in [2.05, 4.69) is 234 Å². The van der Waals surface area contributed by atoms with E-state index in [0.29, 0.717) is 59.5 Å². The smallest absolute Gasteiger partial charge is 0.275 e. The Kier molecular flexibility index (Phi) is 33.6. The average molecular weight is 1610 g/mol. The van der Waals surface area contributed by atoms with Crippen LogP contribution in [0.15, 0.2) is 103 Å². The number of hydrogen-bond acceptors (Lipinski definition) is 15. The Morgan fingerprint density at radius 1 is 0.504 bits per heavy atom. The molecule has 3 amide bonds. The zero-order valence-corrected chi connectivity index (χ0v) is 76.2. The number of carbonyl (C=O) groups excluding carboxylic acids is 4. The number of amides is 3. The summed E-state index contributed by atoms with van der Waals surface area (Å²) in [5.74, 6) is -1.97. The lowest BCUT2D eigenvalue weighted by atomic mass is 9.73. The first kappa shape index (κ1) is 96.1. The van der Waals surface area contributed by atoms with E-state index >= 15 is 0 Å². The number of anilines is 6. The van der Waals surface area contributed by atoms with Crippen LogP contribution in [0.2, 0.25) is 0 Å². The monoisotopic (exact) mass is 1610 g/mol. The summed E-state index contributed by atoms with van der Waals surface area (Å²) in [6.07, 6.45) is 17.7. The predicted octanol–water partition coefficient (Wildman–Crippen LogP) is 20.8. The van der Waals surface area contributed by atoms with Crippen molar-refractivity contribution in [3.8, 4) is 11.5 Å². The summed E-state index contributed by atoms with van der Waals surface area (Å²) in [5.41, 5.74) is 17.7. The first-order chi connectivity index (χ1) is 53.7. The molecule has 9 atom stereocenters. The van der Waals surface area contributed by atoms with Crippen LogP contribution < -0.4 is 47.0 Å². The highest BCUT2D eigenvalue weighted by atomic mass is 35.5. The maximum absolute atomic E-state index is 14.9. The van der Waals surface area contributed by atoms with Gasteiger partial charge in [-0.05, 0) is 228 Å². The summed E-state index contributed by atoms with van der Waals surface area (Å²) in [7, 11) is 0. The van der Waals surface area contributed by atoms with Crippen molar-refractivity contribution in [2.24, 2.45) is 34.1 Å². The Labute approximate surface area is 696 Å². The second-order valence-electron chi connectivity index (χ2n) is 36.5. The summed E-state index contributed by atoms with van der Waals surface area (Å²) < 4.78 is 0. The highest BCUT2D eigenvalue weighted by Gasteiger charge is 2.50. The van der Waals surface area contributed by atoms with Gasteiger partial charge in [0.05, 0.1) is 11.4 Å². The Morgan fingerprint density at radius 3 is 1.30 bits per heavy atom. The number of allylic oxidation sites excluding steroid dienone is 4. The number of nitrogens with zero attached hydrogens (tertiary/aromatic N) is 5. The van der Waals surface area contributed by atoms with E-state index in [-0.39, 0.29) is 109 Å². The van der Waals surface area contributed by atoms with Gasteiger partial charge in [0.1, 0.15) is 5.76 Å². The molecular formula is C96H146ClN8O10-. The van der Waals surface area contributed by atoms with Crippen LogP contribution in [0.3, 0.4) is 0 Å². The highest BCUT2D eigenvalue weighted by molar-refractivity contribution is 6.64. The maximum atomic E-state index is 14.9. The first-order valence-corrected chi connectivity index (χ1v) is 43.9. The van der Waals surface area contributed by atoms with Crippen LogP contribution in [-0.4, -0.2) is 103 Å². The van der Waals surface area contributed by atoms with E-state index in [1.54, 1.807) is 0 Å². The molecule has 4 heterocycles. The molecule has 4 aromatic rings. The van der Waals surface area contributed by atoms with Gasteiger partial charge < -0.3 is 56.4 Å². The third-order valence-electron chi connectivity index (χ3n) is 26.5. The van der Waals surface area contributed by atoms with Crippen molar-refractivity contribution < 1.29 is 39.6 Å². The molecule has 10 rings (SSSR count). The first-order valence-electron chi connectivity index (χ1n) is 43.5. The number of rotatable bonds is 27. The lowest BCUT2D eigenvalue weighted by Gasteiger charge is -2.42. The molecule has 0 saturated carbocycles. The van der Waals surface area contributed by atoms with Gasteiger partial charge >= 0.3 is 0 Å². The number of unbranched alkanes of at least 4 members (excludes halogenated alkanes) is 4. The molecule has 18 nitrogen and oxygen atoms in total. The number of nitrogens with two attached hydrogens (primary N) is 1. The Morgan fingerprint density at radius 2 is 0.896 bits per heavy atom. The number of nitrogens with one attached hydrogen (secondary N) is 2. The Balaban J connectivity index is 0.000000281. The summed E-state index contributed by atoms with van der Waals surface area (Å²) in [6, 6.07) is 19.5. The van der Waals surface area contributed by atoms with Gasteiger partial charge in [-0.25, -0.2) is 4.99 Å². The lowest BCUT2D eigenvalue weighted by Crippen LogP contribution is -2.42. The molecule has 638 valence electrons. The number of benzene rings is 3. The van der Waals surface area contributed by atoms with Gasteiger partial charge in [0.25, 0.3) is 10.9 Å². The van der Waals surface area contributed by atoms with Gasteiger partial charge in [-0.15, -0.1) is 0 Å². The topological polar surface area (TPSA) is 262 Å². The minimum Gasteiger partial charge on any atom is -0.845 e. The van der Waals surface area contributed by atoms with Crippen LogP contribution in [0.4, 0.5) is 34.1 Å². The lowest BCUT2D eigenvalue weighted by molar-refractivity contribution is -0.390. The summed E-state index contributed by atoms with van der Waals surface area (Å²) in [4.78, 5) is 85.5. The molecule has 2 aliphatic carbocycles. The number of aromatic hydroxyl groups is 2. The predicted molar refractivity (Wildman–Crippen MR) is 479 cm³/mol. The molecule has 19 heteroatoms. The fraction of sp³-hybridized carbons (Fsp3) is 0.635. The van der Waals surface area contributed by atoms with Crippen molar-refractivity contribution in [3.05, 3.63) is 132 Å². The number of nitrogen functional groups attached to an aromatic ring is 1. The molecule has 115 heavy (non-hydrogen) atoms. The van der Waals surface area contributed by atoms with Gasteiger partial charge in [-0.3, -0.25) is 28.8 Å². The molecule has 4 aromatic carbocycles. The van der Waals surface area contributed by atoms with Gasteiger partial charge in [-0.1, -0.05) is 180 Å². The van der Waals surface area contributed by atoms with Crippen molar-refractivity contribution in [2.45, 2.75) is 367 Å². The zero-order valence-electron chi connectivity index (χ0n) is 75.5. The largest absolute Gasteiger partial charge is 0.845 e. The minimum absolute atomic E-state index is 0.0625. The number of halogens is 1. The number of hydrogen-bond donors (Lipinski definition) is 6. The second kappa shape index (κ2) is 40.2. The molecule has 0 spiro atoms. The molecule has 0 aromatic heterocycles. The molecule has 0 radical (unpaired) electrons. The Hall–Kier alpha value is -7.70. The van der Waals surface area contributed by atoms with Gasteiger partial charge in [0, 0.05) is 139 Å². The second-order valence-corrected chi connectivity index (χ2v) is 36.9. The average Bonchev–Trinajstić information content (AvgIpc) is 1.69. The van der Waals surface area contributed by atoms with Gasteiger partial charge in [-0.2, -0.15) is 0 Å². The summed E-state index contributed by atoms with van der Waals surface area (Å²) in [6.45, 7) is 61.6. The van der Waals surface area contributed by atoms with E-state index in [9.17, 15) is 39.0 Å². The SMILES string of the molecule is CC(C)N1c2cc(N)ccc2C(C)(C)C1C.CCCCC(CC)C(=O)Cl.CCCCC(CC)C(=O)N=C1C=C2C(=CC1=C1C(O)=C(c3cc4c(cc3NC(=O)C(CC)CCCC)N(C(C)C)C(C)C4(C)C)C1[O-])C(C)(C)C(C)N2C(C)C.CCCCC(CC)C(=O)Nc1ccc2c(c1)N(C(C)C)C(C)C2(C)C.O=c1c(O)c(O)c1=O. The molecule has 0 bridgehead atoms. The molecule has 1 fully saturated rings. The molecule has 6 aliphatic rings. The number of aliphatic imine (C=N–C) groups is 1. The van der Waals surface area contributed by atoms with Crippen LogP contribution in [-0.2, 0) is 35.4 Å². The van der Waals surface area contributed by atoms with Crippen molar-refractivity contribution in [1.82, 2.24) is 4.90 Å². The third-order valence-corrected chi connectivity index (χ3v) is 26.8. The number of aliphatic hydroxyl groups excluding tert-OH is 1. The number of aliphatic hydroxyl groups is 1. The van der Waals surface area contributed by atoms with E-state index in [1.165, 1.54) is 22.5 Å². The molecule has 4 aliphatic heterocycles. The number of likely N-dealkylation sites (tertiary alicyclic amines) is 1. The minimum atomic E-state index is -1.42. The van der Waals surface area contributed by atoms with Crippen molar-refractivity contribution >= 4 is 80.0 Å². The highest BCUT2D eigenvalue weighted by Crippen LogP contribution is 2.55. The van der Waals surface area contributed by atoms with Crippen LogP contribution in [0, 0.1) is 29.1 Å². The van der Waals surface area contributed by atoms with Crippen molar-refractivity contribution in [1.29, 1.82) is 0 Å². The zero-order chi connectivity index (χ0) is 86.8. The van der Waals surface area contributed by atoms with Gasteiger partial charge in [0.15, 0.2) is 0 Å². The van der Waals surface area contributed by atoms with E-state index in [0.717, 1.165) is 124 Å². The van der Waals surface area contributed by atoms with Crippen LogP contribution in [0.5, 0.6) is 11.5 Å². The summed E-state index contributed by atoms with van der Waals surface area (Å²) >= 11 is 5.34. The Bertz CT molecular complexity index is 4280. The molecule has 1 saturated heterocycles. The number of carbonyl (C=O) groups is 4. The standard InChI is InChI=1S/C48H71N4O4.C22H36N2O.C14H22N2.C8H15ClO.C4H2O4/c1-15-19-21-31(17-3)45(55)49-37-25-39-35(47(11,12)29(9)51(39)27(5)6)23-33(37)41-43(53)42(44(41)54)34-24-36-40(52(28(7)8)30(10)48(36,13)14)26-38(34)50-46(56)32(18-4)22-20-16-2;1-8-10-11-17(9-2)21(25)23-18-12-13-19-20(14-18)24(15(3)4)16(5)22(19,6)7;1-9(2)16-10(3)14(4,5)12-7-6-11(15)8-13(12)16;1-3-5-6-7(4-2)8(9)10;5-1-2(6)4(8)3(1)7/h23-32,43,54H,15-22H2,1-14H3,(H,49,55);12-17H,8-11H2,1-7H3,(H,23,25);6-10H,15H2,1-5H3;7H,3-6H2,1-2H3;5-6H/q-1;;;;.